The number of carbonyl (C=O) groups excluding carboxylic acids is 3. The average Bonchev–Trinajstić information content (AvgIpc) is 2.89. The molecule has 2 saturated heterocycles. The summed E-state index contributed by atoms with van der Waals surface area (Å²) in [5.41, 5.74) is 1.64. The monoisotopic (exact) mass is 521 g/mol. The lowest BCUT2D eigenvalue weighted by Gasteiger charge is -2.54. The third-order valence-corrected chi connectivity index (χ3v) is 6.55. The van der Waals surface area contributed by atoms with Gasteiger partial charge in [0.1, 0.15) is 18.0 Å². The van der Waals surface area contributed by atoms with Crippen molar-refractivity contribution < 1.29 is 28.7 Å². The highest BCUT2D eigenvalue weighted by Crippen LogP contribution is 2.28. The van der Waals surface area contributed by atoms with Crippen LogP contribution >= 0.6 is 0 Å². The highest BCUT2D eigenvalue weighted by Gasteiger charge is 2.51. The van der Waals surface area contributed by atoms with Gasteiger partial charge in [-0.05, 0) is 29.7 Å². The van der Waals surface area contributed by atoms with Crippen molar-refractivity contribution in [2.75, 3.05) is 26.2 Å². The van der Waals surface area contributed by atoms with Crippen molar-refractivity contribution in [3.05, 3.63) is 71.5 Å². The molecule has 0 saturated carbocycles. The normalized spacial score (nSPS) is 19.6. The zero-order valence-electron chi connectivity index (χ0n) is 20.6. The summed E-state index contributed by atoms with van der Waals surface area (Å²) in [7, 11) is 0. The smallest absolute Gasteiger partial charge is 0.334 e. The van der Waals surface area contributed by atoms with Gasteiger partial charge in [0.2, 0.25) is 11.8 Å². The van der Waals surface area contributed by atoms with Crippen molar-refractivity contribution in [1.29, 1.82) is 0 Å². The second-order valence-electron chi connectivity index (χ2n) is 9.07. The number of piperazine rings is 1. The summed E-state index contributed by atoms with van der Waals surface area (Å²) >= 11 is 0. The van der Waals surface area contributed by atoms with Gasteiger partial charge in [-0.2, -0.15) is 5.01 Å². The third kappa shape index (κ3) is 5.92. The van der Waals surface area contributed by atoms with Crippen LogP contribution in [0.1, 0.15) is 17.5 Å². The van der Waals surface area contributed by atoms with E-state index in [2.05, 4.69) is 11.2 Å². The third-order valence-electron chi connectivity index (χ3n) is 6.55. The Morgan fingerprint density at radius 1 is 1.08 bits per heavy atom. The number of rotatable bonds is 8. The summed E-state index contributed by atoms with van der Waals surface area (Å²) in [5.74, 6) is -0.187. The van der Waals surface area contributed by atoms with Gasteiger partial charge < -0.3 is 20.2 Å². The summed E-state index contributed by atoms with van der Waals surface area (Å²) in [4.78, 5) is 54.3. The minimum atomic E-state index is -1.29. The SMILES string of the molecule is C#CCN1CC(=O)N2C(CC(=O)O)C(=O)N(CCc3ccc(F)cc3)CC2N1C(=O)NCc1ccccc1. The summed E-state index contributed by atoms with van der Waals surface area (Å²) in [5, 5.41) is 15.1. The molecule has 2 unspecified atom stereocenters. The van der Waals surface area contributed by atoms with Crippen LogP contribution in [0.25, 0.3) is 0 Å². The molecule has 2 fully saturated rings. The zero-order chi connectivity index (χ0) is 27.2. The fourth-order valence-corrected chi connectivity index (χ4v) is 4.77. The maximum absolute atomic E-state index is 13.5. The van der Waals surface area contributed by atoms with Crippen LogP contribution in [0.2, 0.25) is 0 Å². The fraction of sp³-hybridized carbons (Fsp3) is 0.333. The number of aliphatic carboxylic acids is 1. The van der Waals surface area contributed by atoms with Gasteiger partial charge in [0, 0.05) is 13.1 Å². The Kier molecular flexibility index (Phi) is 8.23. The summed E-state index contributed by atoms with van der Waals surface area (Å²) in [6.07, 6.45) is 4.33. The lowest BCUT2D eigenvalue weighted by molar-refractivity contribution is -0.190. The first-order valence-electron chi connectivity index (χ1n) is 12.1. The number of carboxylic acids is 1. The maximum Gasteiger partial charge on any atom is 0.334 e. The summed E-state index contributed by atoms with van der Waals surface area (Å²) in [6, 6.07) is 13.3. The van der Waals surface area contributed by atoms with Crippen LogP contribution < -0.4 is 5.32 Å². The Hall–Kier alpha value is -4.43. The first-order chi connectivity index (χ1) is 18.3. The molecule has 11 heteroatoms. The number of hydrazine groups is 1. The Labute approximate surface area is 219 Å². The van der Waals surface area contributed by atoms with Gasteiger partial charge in [-0.25, -0.2) is 14.2 Å². The van der Waals surface area contributed by atoms with E-state index in [-0.39, 0.29) is 38.5 Å². The fourth-order valence-electron chi connectivity index (χ4n) is 4.77. The number of hydrogen-bond acceptors (Lipinski definition) is 5. The maximum atomic E-state index is 13.5. The number of urea groups is 1. The van der Waals surface area contributed by atoms with Crippen LogP contribution in [-0.2, 0) is 27.3 Å². The van der Waals surface area contributed by atoms with E-state index in [0.29, 0.717) is 6.42 Å². The number of nitrogens with zero attached hydrogens (tertiary/aromatic N) is 4. The minimum Gasteiger partial charge on any atom is -0.481 e. The van der Waals surface area contributed by atoms with Crippen LogP contribution in [0, 0.1) is 18.2 Å². The summed E-state index contributed by atoms with van der Waals surface area (Å²) < 4.78 is 13.3. The molecule has 38 heavy (non-hydrogen) atoms. The molecule has 0 spiro atoms. The number of fused-ring (bicyclic) bond motifs is 1. The molecule has 2 aromatic rings. The molecule has 2 aliphatic heterocycles. The lowest BCUT2D eigenvalue weighted by atomic mass is 10.0. The van der Waals surface area contributed by atoms with Crippen LogP contribution in [-0.4, -0.2) is 87.1 Å². The van der Waals surface area contributed by atoms with E-state index in [1.54, 1.807) is 12.1 Å². The Bertz CT molecular complexity index is 1230. The number of amides is 4. The molecule has 4 rings (SSSR count). The predicted molar refractivity (Wildman–Crippen MR) is 134 cm³/mol. The van der Waals surface area contributed by atoms with Crippen LogP contribution in [0.4, 0.5) is 9.18 Å². The second kappa shape index (κ2) is 11.7. The molecule has 10 nitrogen and oxygen atoms in total. The molecule has 2 heterocycles. The van der Waals surface area contributed by atoms with Gasteiger partial charge in [0.15, 0.2) is 0 Å². The first-order valence-corrected chi connectivity index (χ1v) is 12.1. The average molecular weight is 522 g/mol. The molecule has 0 radical (unpaired) electrons. The van der Waals surface area contributed by atoms with E-state index in [1.165, 1.54) is 32.0 Å². The van der Waals surface area contributed by atoms with Gasteiger partial charge >= 0.3 is 12.0 Å². The lowest BCUT2D eigenvalue weighted by Crippen LogP contribution is -2.76. The van der Waals surface area contributed by atoms with Gasteiger partial charge in [-0.15, -0.1) is 6.42 Å². The molecule has 2 aliphatic rings. The van der Waals surface area contributed by atoms with Gasteiger partial charge in [0.25, 0.3) is 0 Å². The minimum absolute atomic E-state index is 0.0397. The van der Waals surface area contributed by atoms with Crippen molar-refractivity contribution in [3.63, 3.8) is 0 Å². The van der Waals surface area contributed by atoms with E-state index in [4.69, 9.17) is 6.42 Å². The van der Waals surface area contributed by atoms with E-state index in [0.717, 1.165) is 11.1 Å². The first kappa shape index (κ1) is 26.6. The topological polar surface area (TPSA) is 114 Å². The van der Waals surface area contributed by atoms with Gasteiger partial charge in [0.05, 0.1) is 26.1 Å². The van der Waals surface area contributed by atoms with E-state index < -0.39 is 42.4 Å². The number of terminal acetylenes is 1. The quantitative estimate of drug-likeness (QED) is 0.506. The van der Waals surface area contributed by atoms with Crippen molar-refractivity contribution in [2.45, 2.75) is 31.6 Å². The predicted octanol–water partition coefficient (Wildman–Crippen LogP) is 1.28. The van der Waals surface area contributed by atoms with Gasteiger partial charge in [-0.1, -0.05) is 48.4 Å². The highest BCUT2D eigenvalue weighted by molar-refractivity contribution is 5.93. The Morgan fingerprint density at radius 2 is 1.79 bits per heavy atom. The molecule has 0 aromatic heterocycles. The van der Waals surface area contributed by atoms with Crippen molar-refractivity contribution in [3.8, 4) is 12.3 Å². The molecular weight excluding hydrogens is 493 g/mol. The summed E-state index contributed by atoms with van der Waals surface area (Å²) in [6.45, 7) is 0.0440. The number of benzene rings is 2. The van der Waals surface area contributed by atoms with Crippen LogP contribution in [0.15, 0.2) is 54.6 Å². The zero-order valence-corrected chi connectivity index (χ0v) is 20.6. The molecule has 198 valence electrons. The van der Waals surface area contributed by atoms with Gasteiger partial charge in [-0.3, -0.25) is 14.4 Å². The van der Waals surface area contributed by atoms with Crippen molar-refractivity contribution >= 4 is 23.8 Å². The molecule has 2 N–H and O–H groups in total. The van der Waals surface area contributed by atoms with E-state index in [1.807, 2.05) is 30.3 Å². The molecule has 2 aromatic carbocycles. The number of carboxylic acid groups (broad SMARTS) is 1. The molecule has 4 amide bonds. The standard InChI is InChI=1S/C27H28FN5O5/c1-2-13-31-18-24(34)32-22(15-25(35)36)26(37)30(14-12-19-8-10-21(28)11-9-19)17-23(32)33(31)27(38)29-16-20-6-4-3-5-7-20/h1,3-11,22-23H,12-18H2,(H,29,38)(H,35,36). The molecule has 0 bridgehead atoms. The molecule has 0 aliphatic carbocycles. The number of nitrogens with one attached hydrogen (secondary N) is 1. The van der Waals surface area contributed by atoms with Crippen LogP contribution in [0.3, 0.4) is 0 Å². The Morgan fingerprint density at radius 3 is 2.45 bits per heavy atom. The highest BCUT2D eigenvalue weighted by atomic mass is 19.1. The number of hydrogen-bond donors (Lipinski definition) is 2. The van der Waals surface area contributed by atoms with Crippen molar-refractivity contribution in [1.82, 2.24) is 25.1 Å². The van der Waals surface area contributed by atoms with E-state index >= 15 is 0 Å². The molecular formula is C27H28FN5O5. The Balaban J connectivity index is 1.61. The largest absolute Gasteiger partial charge is 0.481 e. The number of halogens is 1. The molecule has 2 atom stereocenters. The van der Waals surface area contributed by atoms with Crippen molar-refractivity contribution in [2.24, 2.45) is 0 Å². The van der Waals surface area contributed by atoms with Crippen LogP contribution in [0.5, 0.6) is 0 Å². The number of carbonyl (C=O) groups is 4. The second-order valence-corrected chi connectivity index (χ2v) is 9.07. The van der Waals surface area contributed by atoms with E-state index in [9.17, 15) is 28.7 Å².